The van der Waals surface area contributed by atoms with Crippen molar-refractivity contribution in [3.05, 3.63) is 29.8 Å². The second kappa shape index (κ2) is 7.97. The van der Waals surface area contributed by atoms with E-state index in [1.807, 2.05) is 11.8 Å². The van der Waals surface area contributed by atoms with Gasteiger partial charge in [0.15, 0.2) is 11.5 Å². The first-order valence-corrected chi connectivity index (χ1v) is 12.4. The minimum Gasteiger partial charge on any atom is -0.481 e. The Bertz CT molecular complexity index is 1220. The Hall–Kier alpha value is -3.05. The van der Waals surface area contributed by atoms with E-state index in [-0.39, 0.29) is 53.1 Å². The number of carbonyl (C=O) groups is 2. The molecule has 10 nitrogen and oxygen atoms in total. The maximum Gasteiger partial charge on any atom is 0.274 e. The van der Waals surface area contributed by atoms with Gasteiger partial charge in [-0.25, -0.2) is 9.37 Å². The summed E-state index contributed by atoms with van der Waals surface area (Å²) in [6.07, 6.45) is 5.05. The molecule has 11 heteroatoms. The number of carbonyl (C=O) groups excluding carboxylic acids is 2. The normalized spacial score (nSPS) is 31.7. The molecule has 1 spiro atoms. The molecule has 7 rings (SSSR count). The molecule has 2 atom stereocenters. The number of aromatic amines is 1. The molecule has 5 heterocycles. The van der Waals surface area contributed by atoms with Gasteiger partial charge >= 0.3 is 0 Å². The third-order valence-corrected chi connectivity index (χ3v) is 8.61. The van der Waals surface area contributed by atoms with Crippen molar-refractivity contribution in [1.29, 1.82) is 0 Å². The van der Waals surface area contributed by atoms with Crippen molar-refractivity contribution in [2.45, 2.75) is 68.2 Å². The van der Waals surface area contributed by atoms with E-state index >= 15 is 0 Å². The molecule has 3 aliphatic heterocycles. The number of halogens is 1. The fourth-order valence-corrected chi connectivity index (χ4v) is 6.44. The van der Waals surface area contributed by atoms with Crippen molar-refractivity contribution < 1.29 is 28.6 Å². The number of rotatable bonds is 6. The summed E-state index contributed by atoms with van der Waals surface area (Å²) in [6, 6.07) is 2.99. The molecule has 5 fully saturated rings. The molecule has 192 valence electrons. The summed E-state index contributed by atoms with van der Waals surface area (Å²) in [7, 11) is 1.45. The molecule has 2 bridgehead atoms. The fraction of sp³-hybridized carbons (Fsp3) is 0.600. The minimum atomic E-state index is -0.548. The number of fused-ring (bicyclic) bond motifs is 1. The number of ether oxygens (including phenoxy) is 2. The number of H-pyrrole nitrogens is 1. The van der Waals surface area contributed by atoms with Crippen LogP contribution in [0.4, 0.5) is 4.39 Å². The second-order valence-corrected chi connectivity index (χ2v) is 10.8. The zero-order valence-corrected chi connectivity index (χ0v) is 20.3. The molecule has 2 amide bonds. The zero-order chi connectivity index (χ0) is 25.3. The van der Waals surface area contributed by atoms with Crippen LogP contribution in [0.5, 0.6) is 5.88 Å². The van der Waals surface area contributed by atoms with Gasteiger partial charge in [0.25, 0.3) is 5.91 Å². The van der Waals surface area contributed by atoms with Gasteiger partial charge in [0.05, 0.1) is 42.9 Å². The van der Waals surface area contributed by atoms with E-state index in [0.717, 1.165) is 19.0 Å². The Labute approximate surface area is 207 Å². The van der Waals surface area contributed by atoms with Gasteiger partial charge in [-0.05, 0) is 38.7 Å². The number of likely N-dealkylation sites (tertiary alicyclic amines) is 1. The van der Waals surface area contributed by atoms with Crippen LogP contribution >= 0.6 is 0 Å². The van der Waals surface area contributed by atoms with Gasteiger partial charge in [0, 0.05) is 42.5 Å². The minimum absolute atomic E-state index is 0.00132. The van der Waals surface area contributed by atoms with Gasteiger partial charge in [0.2, 0.25) is 11.8 Å². The Morgan fingerprint density at radius 1 is 1.36 bits per heavy atom. The van der Waals surface area contributed by atoms with Crippen LogP contribution in [-0.4, -0.2) is 80.0 Å². The fourth-order valence-electron chi connectivity index (χ4n) is 6.44. The second-order valence-electron chi connectivity index (χ2n) is 10.8. The predicted molar refractivity (Wildman–Crippen MR) is 125 cm³/mol. The number of nitrogens with one attached hydrogen (secondary N) is 2. The van der Waals surface area contributed by atoms with E-state index in [1.54, 1.807) is 6.07 Å². The average Bonchev–Trinajstić information content (AvgIpc) is 3.22. The zero-order valence-electron chi connectivity index (χ0n) is 20.3. The Morgan fingerprint density at radius 2 is 2.14 bits per heavy atom. The molecular formula is C25H30FN5O5. The lowest BCUT2D eigenvalue weighted by Crippen LogP contribution is -2.64. The smallest absolute Gasteiger partial charge is 0.274 e. The average molecular weight is 500 g/mol. The molecule has 0 unspecified atom stereocenters. The number of hydrogen-bond donors (Lipinski definition) is 3. The maximum absolute atomic E-state index is 14.3. The molecule has 3 N–H and O–H groups in total. The third kappa shape index (κ3) is 3.51. The molecule has 0 aromatic carbocycles. The van der Waals surface area contributed by atoms with E-state index in [9.17, 15) is 19.1 Å². The van der Waals surface area contributed by atoms with Gasteiger partial charge < -0.3 is 24.8 Å². The van der Waals surface area contributed by atoms with Crippen molar-refractivity contribution in [3.8, 4) is 17.1 Å². The summed E-state index contributed by atoms with van der Waals surface area (Å²) >= 11 is 0. The Balaban J connectivity index is 1.13. The lowest BCUT2D eigenvalue weighted by atomic mass is 9.66. The van der Waals surface area contributed by atoms with E-state index in [1.165, 1.54) is 13.2 Å². The van der Waals surface area contributed by atoms with E-state index in [2.05, 4.69) is 20.5 Å². The Kier molecular flexibility index (Phi) is 5.17. The largest absolute Gasteiger partial charge is 0.481 e. The number of amides is 2. The highest BCUT2D eigenvalue weighted by Crippen LogP contribution is 2.56. The molecule has 2 aromatic heterocycles. The topological polar surface area (TPSA) is 130 Å². The number of aliphatic hydroxyl groups is 1. The molecule has 3 saturated heterocycles. The predicted octanol–water partition coefficient (Wildman–Crippen LogP) is 1.80. The summed E-state index contributed by atoms with van der Waals surface area (Å²) in [6.45, 7) is 2.37. The number of pyridine rings is 1. The third-order valence-electron chi connectivity index (χ3n) is 8.61. The number of piperidine rings is 1. The van der Waals surface area contributed by atoms with Gasteiger partial charge in [-0.1, -0.05) is 0 Å². The van der Waals surface area contributed by atoms with Crippen molar-refractivity contribution >= 4 is 11.8 Å². The van der Waals surface area contributed by atoms with Gasteiger partial charge in [-0.15, -0.1) is 0 Å². The van der Waals surface area contributed by atoms with Crippen LogP contribution in [0.1, 0.15) is 55.9 Å². The first kappa shape index (κ1) is 23.4. The maximum atomic E-state index is 14.3. The van der Waals surface area contributed by atoms with Crippen LogP contribution in [0.25, 0.3) is 11.3 Å². The van der Waals surface area contributed by atoms with Crippen molar-refractivity contribution in [1.82, 2.24) is 25.4 Å². The Morgan fingerprint density at radius 3 is 2.81 bits per heavy atom. The van der Waals surface area contributed by atoms with Crippen molar-refractivity contribution in [3.63, 3.8) is 0 Å². The lowest BCUT2D eigenvalue weighted by Gasteiger charge is -2.46. The molecule has 0 radical (unpaired) electrons. The summed E-state index contributed by atoms with van der Waals surface area (Å²) < 4.78 is 25.3. The van der Waals surface area contributed by atoms with Crippen LogP contribution < -0.4 is 10.1 Å². The van der Waals surface area contributed by atoms with Crippen LogP contribution in [0.15, 0.2) is 18.3 Å². The van der Waals surface area contributed by atoms with Gasteiger partial charge in [-0.3, -0.25) is 14.7 Å². The van der Waals surface area contributed by atoms with Gasteiger partial charge in [-0.2, -0.15) is 5.10 Å². The monoisotopic (exact) mass is 499 g/mol. The lowest BCUT2D eigenvalue weighted by molar-refractivity contribution is -0.131. The van der Waals surface area contributed by atoms with Crippen LogP contribution in [0.3, 0.4) is 0 Å². The van der Waals surface area contributed by atoms with E-state index in [0.29, 0.717) is 37.9 Å². The first-order valence-electron chi connectivity index (χ1n) is 12.4. The van der Waals surface area contributed by atoms with Gasteiger partial charge in [0.1, 0.15) is 0 Å². The van der Waals surface area contributed by atoms with Crippen molar-refractivity contribution in [2.24, 2.45) is 5.92 Å². The number of nitrogens with zero attached hydrogens (tertiary/aromatic N) is 3. The summed E-state index contributed by atoms with van der Waals surface area (Å²) in [5.41, 5.74) is -0.462. The molecule has 2 saturated carbocycles. The van der Waals surface area contributed by atoms with Crippen LogP contribution in [0, 0.1) is 11.7 Å². The molecular weight excluding hydrogens is 469 g/mol. The number of aliphatic hydroxyl groups excluding tert-OH is 1. The highest BCUT2D eigenvalue weighted by atomic mass is 19.1. The molecule has 5 aliphatic rings. The summed E-state index contributed by atoms with van der Waals surface area (Å²) in [5, 5.41) is 19.8. The van der Waals surface area contributed by atoms with Crippen LogP contribution in [0.2, 0.25) is 0 Å². The standard InChI is InChI=1S/C25H30FN5O5/c1-14-25(11-24(12-25,13-32)36-14)28-21(33)15-3-6-31(23(9-15)4-5-23)22(34)19-8-18(29-30-19)16-7-20(35-2)27-10-17(16)26/h7-8,10,14-15,32H,3-6,9,11-13H2,1-2H3,(H,28,33)(H,29,30)/t14-,15-,24?,25?/m0/s1. The van der Waals surface area contributed by atoms with E-state index in [4.69, 9.17) is 9.47 Å². The number of methoxy groups -OCH3 is 1. The highest BCUT2D eigenvalue weighted by molar-refractivity contribution is 5.94. The molecule has 2 aromatic rings. The van der Waals surface area contributed by atoms with Crippen LogP contribution in [-0.2, 0) is 9.53 Å². The highest BCUT2D eigenvalue weighted by Gasteiger charge is 2.67. The number of aromatic nitrogens is 3. The first-order chi connectivity index (χ1) is 17.2. The summed E-state index contributed by atoms with van der Waals surface area (Å²) in [4.78, 5) is 32.3. The molecule has 36 heavy (non-hydrogen) atoms. The molecule has 2 aliphatic carbocycles. The number of hydrogen-bond acceptors (Lipinski definition) is 7. The SMILES string of the molecule is COc1cc(-c2cc(C(=O)N3CC[C@H](C(=O)NC45CC(CO)(C4)O[C@H]5C)CC34CC4)n[nH]2)c(F)cn1. The van der Waals surface area contributed by atoms with Crippen molar-refractivity contribution in [2.75, 3.05) is 20.3 Å². The summed E-state index contributed by atoms with van der Waals surface area (Å²) in [5.74, 6) is -0.697. The quantitative estimate of drug-likeness (QED) is 0.553. The van der Waals surface area contributed by atoms with E-state index < -0.39 is 17.0 Å².